The summed E-state index contributed by atoms with van der Waals surface area (Å²) >= 11 is 0. The van der Waals surface area contributed by atoms with Crippen LogP contribution in [0.15, 0.2) is 18.2 Å². The number of carbonyl (C=O) groups is 1. The molecular weight excluding hydrogens is 300 g/mol. The normalized spacial score (nSPS) is 10.3. The van der Waals surface area contributed by atoms with E-state index in [2.05, 4.69) is 17.2 Å². The molecule has 0 heterocycles. The van der Waals surface area contributed by atoms with Gasteiger partial charge in [-0.1, -0.05) is 11.8 Å². The van der Waals surface area contributed by atoms with Gasteiger partial charge in [-0.15, -0.1) is 0 Å². The highest BCUT2D eigenvalue weighted by atomic mass is 16.6. The van der Waals surface area contributed by atoms with Crippen LogP contribution in [0.2, 0.25) is 0 Å². The summed E-state index contributed by atoms with van der Waals surface area (Å²) in [6.07, 6.45) is -0.127. The number of alkyl carbamates (subject to hydrolysis) is 1. The first kappa shape index (κ1) is 18.3. The number of ether oxygens (including phenoxy) is 2. The van der Waals surface area contributed by atoms with Crippen LogP contribution in [0.1, 0.15) is 32.8 Å². The first-order valence-corrected chi connectivity index (χ1v) is 7.01. The van der Waals surface area contributed by atoms with Crippen molar-refractivity contribution in [3.63, 3.8) is 0 Å². The van der Waals surface area contributed by atoms with Gasteiger partial charge in [0.05, 0.1) is 17.6 Å². The lowest BCUT2D eigenvalue weighted by Gasteiger charge is -2.19. The second-order valence-electron chi connectivity index (χ2n) is 5.62. The number of nitro benzene ring substituents is 1. The van der Waals surface area contributed by atoms with Crippen LogP contribution >= 0.6 is 0 Å². The Morgan fingerprint density at radius 3 is 2.65 bits per heavy atom. The van der Waals surface area contributed by atoms with E-state index in [1.54, 1.807) is 20.8 Å². The number of rotatable bonds is 4. The van der Waals surface area contributed by atoms with Gasteiger partial charge in [0, 0.05) is 25.1 Å². The topological polar surface area (TPSA) is 90.7 Å². The molecule has 1 aromatic carbocycles. The van der Waals surface area contributed by atoms with E-state index in [4.69, 9.17) is 9.47 Å². The molecule has 0 fully saturated rings. The number of hydrogen-bond acceptors (Lipinski definition) is 5. The minimum atomic E-state index is -0.550. The summed E-state index contributed by atoms with van der Waals surface area (Å²) in [4.78, 5) is 21.7. The second-order valence-corrected chi connectivity index (χ2v) is 5.62. The van der Waals surface area contributed by atoms with Crippen molar-refractivity contribution >= 4 is 11.8 Å². The van der Waals surface area contributed by atoms with Gasteiger partial charge in [-0.2, -0.15) is 0 Å². The molecule has 1 aromatic rings. The third-order valence-corrected chi connectivity index (χ3v) is 2.54. The highest BCUT2D eigenvalue weighted by molar-refractivity contribution is 5.67. The van der Waals surface area contributed by atoms with Crippen molar-refractivity contribution in [3.05, 3.63) is 33.9 Å². The van der Waals surface area contributed by atoms with Crippen molar-refractivity contribution in [2.75, 3.05) is 13.7 Å². The third-order valence-electron chi connectivity index (χ3n) is 2.54. The number of amides is 1. The molecule has 0 radical (unpaired) electrons. The Morgan fingerprint density at radius 2 is 2.09 bits per heavy atom. The van der Waals surface area contributed by atoms with Crippen LogP contribution in [-0.4, -0.2) is 30.3 Å². The maximum atomic E-state index is 11.4. The number of carbonyl (C=O) groups excluding carboxylic acids is 1. The highest BCUT2D eigenvalue weighted by Gasteiger charge is 2.15. The molecule has 1 amide bonds. The van der Waals surface area contributed by atoms with Gasteiger partial charge in [0.15, 0.2) is 0 Å². The van der Waals surface area contributed by atoms with E-state index in [9.17, 15) is 14.9 Å². The monoisotopic (exact) mass is 320 g/mol. The van der Waals surface area contributed by atoms with Crippen molar-refractivity contribution in [3.8, 4) is 17.6 Å². The number of nitrogens with zero attached hydrogens (tertiary/aromatic N) is 1. The molecular formula is C16H20N2O5. The lowest BCUT2D eigenvalue weighted by atomic mass is 10.1. The van der Waals surface area contributed by atoms with Gasteiger partial charge in [-0.3, -0.25) is 10.1 Å². The minimum Gasteiger partial charge on any atom is -0.495 e. The van der Waals surface area contributed by atoms with Crippen LogP contribution in [0.4, 0.5) is 10.5 Å². The van der Waals surface area contributed by atoms with E-state index >= 15 is 0 Å². The molecule has 0 spiro atoms. The second kappa shape index (κ2) is 8.03. The Kier molecular flexibility index (Phi) is 6.39. The predicted molar refractivity (Wildman–Crippen MR) is 85.4 cm³/mol. The fourth-order valence-corrected chi connectivity index (χ4v) is 1.61. The number of methoxy groups -OCH3 is 1. The molecule has 1 rings (SSSR count). The van der Waals surface area contributed by atoms with Crippen LogP contribution in [0.5, 0.6) is 5.75 Å². The van der Waals surface area contributed by atoms with Crippen LogP contribution < -0.4 is 10.1 Å². The van der Waals surface area contributed by atoms with Gasteiger partial charge in [-0.05, 0) is 26.8 Å². The summed E-state index contributed by atoms with van der Waals surface area (Å²) in [7, 11) is 1.47. The van der Waals surface area contributed by atoms with E-state index in [1.807, 2.05) is 0 Å². The van der Waals surface area contributed by atoms with Crippen molar-refractivity contribution in [2.24, 2.45) is 0 Å². The van der Waals surface area contributed by atoms with Crippen molar-refractivity contribution in [2.45, 2.75) is 32.8 Å². The van der Waals surface area contributed by atoms with Crippen LogP contribution in [0.25, 0.3) is 0 Å². The lowest BCUT2D eigenvalue weighted by Crippen LogP contribution is -2.32. The summed E-state index contributed by atoms with van der Waals surface area (Å²) in [6, 6.07) is 4.21. The van der Waals surface area contributed by atoms with Crippen LogP contribution in [0, 0.1) is 22.0 Å². The first-order chi connectivity index (χ1) is 10.7. The van der Waals surface area contributed by atoms with Crippen molar-refractivity contribution in [1.82, 2.24) is 5.32 Å². The molecule has 0 aliphatic carbocycles. The van der Waals surface area contributed by atoms with Crippen molar-refractivity contribution in [1.29, 1.82) is 0 Å². The van der Waals surface area contributed by atoms with E-state index in [-0.39, 0.29) is 5.69 Å². The van der Waals surface area contributed by atoms with E-state index in [1.165, 1.54) is 25.3 Å². The molecule has 7 nitrogen and oxygen atoms in total. The number of hydrogen-bond donors (Lipinski definition) is 1. The number of nitro groups is 1. The van der Waals surface area contributed by atoms with Crippen LogP contribution in [0.3, 0.4) is 0 Å². The molecule has 0 aliphatic rings. The fourth-order valence-electron chi connectivity index (χ4n) is 1.61. The maximum Gasteiger partial charge on any atom is 0.407 e. The quantitative estimate of drug-likeness (QED) is 0.399. The smallest absolute Gasteiger partial charge is 0.407 e. The SMILES string of the molecule is COc1ccc([N+](=O)[O-])cc1C#CCCNC(=O)OC(C)(C)C. The lowest BCUT2D eigenvalue weighted by molar-refractivity contribution is -0.384. The molecule has 0 saturated heterocycles. The molecule has 0 unspecified atom stereocenters. The molecule has 0 aromatic heterocycles. The number of nitrogens with one attached hydrogen (secondary N) is 1. The van der Waals surface area contributed by atoms with Gasteiger partial charge in [0.2, 0.25) is 0 Å². The molecule has 7 heteroatoms. The van der Waals surface area contributed by atoms with Gasteiger partial charge in [0.1, 0.15) is 11.4 Å². The summed E-state index contributed by atoms with van der Waals surface area (Å²) in [5, 5.41) is 13.4. The number of non-ortho nitro benzene ring substituents is 1. The Labute approximate surface area is 135 Å². The van der Waals surface area contributed by atoms with E-state index < -0.39 is 16.6 Å². The first-order valence-electron chi connectivity index (χ1n) is 7.01. The van der Waals surface area contributed by atoms with Crippen molar-refractivity contribution < 1.29 is 19.2 Å². The zero-order valence-electron chi connectivity index (χ0n) is 13.6. The van der Waals surface area contributed by atoms with Gasteiger partial charge in [-0.25, -0.2) is 4.79 Å². The summed E-state index contributed by atoms with van der Waals surface area (Å²) in [6.45, 7) is 5.65. The molecule has 1 N–H and O–H groups in total. The van der Waals surface area contributed by atoms with Gasteiger partial charge < -0.3 is 14.8 Å². The highest BCUT2D eigenvalue weighted by Crippen LogP contribution is 2.22. The molecule has 0 aliphatic heterocycles. The molecule has 0 bridgehead atoms. The number of benzene rings is 1. The summed E-state index contributed by atoms with van der Waals surface area (Å²) in [5.74, 6) is 6.11. The zero-order chi connectivity index (χ0) is 17.5. The average molecular weight is 320 g/mol. The molecule has 0 atom stereocenters. The fraction of sp³-hybridized carbons (Fsp3) is 0.438. The molecule has 0 saturated carbocycles. The standard InChI is InChI=1S/C16H20N2O5/c1-16(2,3)23-15(19)17-10-6-5-7-12-11-13(18(20)21)8-9-14(12)22-4/h8-9,11H,6,10H2,1-4H3,(H,17,19). The van der Waals surface area contributed by atoms with E-state index in [0.717, 1.165) is 0 Å². The minimum absolute atomic E-state index is 0.0537. The average Bonchev–Trinajstić information content (AvgIpc) is 2.44. The summed E-state index contributed by atoms with van der Waals surface area (Å²) in [5.41, 5.74) is -0.174. The Balaban J connectivity index is 2.61. The predicted octanol–water partition coefficient (Wildman–Crippen LogP) is 2.87. The van der Waals surface area contributed by atoms with Crippen LogP contribution in [-0.2, 0) is 4.74 Å². The zero-order valence-corrected chi connectivity index (χ0v) is 13.6. The largest absolute Gasteiger partial charge is 0.495 e. The Morgan fingerprint density at radius 1 is 1.39 bits per heavy atom. The van der Waals surface area contributed by atoms with Gasteiger partial charge >= 0.3 is 6.09 Å². The Hall–Kier alpha value is -2.75. The third kappa shape index (κ3) is 6.70. The summed E-state index contributed by atoms with van der Waals surface area (Å²) < 4.78 is 10.2. The molecule has 124 valence electrons. The molecule has 23 heavy (non-hydrogen) atoms. The Bertz CT molecular complexity index is 638. The van der Waals surface area contributed by atoms with E-state index in [0.29, 0.717) is 24.3 Å². The van der Waals surface area contributed by atoms with Gasteiger partial charge in [0.25, 0.3) is 5.69 Å². The maximum absolute atomic E-state index is 11.4.